The molecule has 0 unspecified atom stereocenters. The van der Waals surface area contributed by atoms with Crippen molar-refractivity contribution in [1.29, 1.82) is 0 Å². The van der Waals surface area contributed by atoms with Gasteiger partial charge in [-0.2, -0.15) is 0 Å². The fourth-order valence-corrected chi connectivity index (χ4v) is 3.26. The lowest BCUT2D eigenvalue weighted by Crippen LogP contribution is -2.58. The van der Waals surface area contributed by atoms with Crippen LogP contribution in [-0.4, -0.2) is 42.4 Å². The van der Waals surface area contributed by atoms with Crippen LogP contribution in [0.4, 0.5) is 5.69 Å². The normalized spacial score (nSPS) is 18.4. The number of aryl methyl sites for hydroxylation is 1. The highest BCUT2D eigenvalue weighted by atomic mass is 16.2. The van der Waals surface area contributed by atoms with Crippen LogP contribution >= 0.6 is 0 Å². The summed E-state index contributed by atoms with van der Waals surface area (Å²) in [4.78, 5) is 27.7. The topological polar surface area (TPSA) is 66.6 Å². The number of primary amides is 1. The summed E-state index contributed by atoms with van der Waals surface area (Å²) in [6.07, 6.45) is 0.768. The molecule has 0 radical (unpaired) electrons. The third-order valence-electron chi connectivity index (χ3n) is 4.57. The number of benzene rings is 2. The maximum Gasteiger partial charge on any atom is 0.241 e. The number of rotatable bonds is 5. The van der Waals surface area contributed by atoms with E-state index in [0.717, 1.165) is 17.7 Å². The summed E-state index contributed by atoms with van der Waals surface area (Å²) in [5, 5.41) is 0. The number of carbonyl (C=O) groups is 2. The van der Waals surface area contributed by atoms with Crippen LogP contribution in [0.2, 0.25) is 0 Å². The molecule has 25 heavy (non-hydrogen) atoms. The van der Waals surface area contributed by atoms with E-state index in [0.29, 0.717) is 6.54 Å². The predicted octanol–water partition coefficient (Wildman–Crippen LogP) is 1.74. The van der Waals surface area contributed by atoms with Crippen LogP contribution in [0.1, 0.15) is 11.1 Å². The molecule has 2 amide bonds. The standard InChI is InChI=1S/C20H23N3O2/c1-15-7-9-17(10-8-15)23-12-18(11-16-5-3-2-4-6-16)22(13-19(21)24)14-20(23)25/h2-10,18H,11-14H2,1H3,(H2,21,24)/t18-/m1/s1. The van der Waals surface area contributed by atoms with Gasteiger partial charge in [-0.15, -0.1) is 0 Å². The zero-order valence-corrected chi connectivity index (χ0v) is 14.4. The van der Waals surface area contributed by atoms with Crippen LogP contribution in [0.25, 0.3) is 0 Å². The molecule has 0 aliphatic carbocycles. The molecule has 1 atom stereocenters. The largest absolute Gasteiger partial charge is 0.369 e. The lowest BCUT2D eigenvalue weighted by atomic mass is 10.0. The summed E-state index contributed by atoms with van der Waals surface area (Å²) in [6.45, 7) is 2.87. The van der Waals surface area contributed by atoms with Gasteiger partial charge in [0.1, 0.15) is 0 Å². The molecular weight excluding hydrogens is 314 g/mol. The van der Waals surface area contributed by atoms with E-state index in [4.69, 9.17) is 5.73 Å². The molecule has 5 nitrogen and oxygen atoms in total. The number of carbonyl (C=O) groups excluding carboxylic acids is 2. The van der Waals surface area contributed by atoms with Gasteiger partial charge in [-0.3, -0.25) is 14.5 Å². The second-order valence-electron chi connectivity index (χ2n) is 6.55. The molecule has 1 aliphatic heterocycles. The molecule has 2 aromatic carbocycles. The van der Waals surface area contributed by atoms with Crippen molar-refractivity contribution in [1.82, 2.24) is 4.90 Å². The monoisotopic (exact) mass is 337 g/mol. The van der Waals surface area contributed by atoms with Gasteiger partial charge in [0.2, 0.25) is 11.8 Å². The first-order valence-electron chi connectivity index (χ1n) is 8.46. The number of piperazine rings is 1. The van der Waals surface area contributed by atoms with Gasteiger partial charge in [-0.1, -0.05) is 48.0 Å². The molecule has 1 aliphatic rings. The Balaban J connectivity index is 1.83. The maximum atomic E-state index is 12.6. The molecule has 130 valence electrons. The lowest BCUT2D eigenvalue weighted by Gasteiger charge is -2.40. The molecule has 1 saturated heterocycles. The third kappa shape index (κ3) is 4.25. The summed E-state index contributed by atoms with van der Waals surface area (Å²) in [7, 11) is 0. The molecule has 0 bridgehead atoms. The number of hydrogen-bond donors (Lipinski definition) is 1. The van der Waals surface area contributed by atoms with Crippen molar-refractivity contribution in [2.45, 2.75) is 19.4 Å². The number of amides is 2. The Morgan fingerprint density at radius 1 is 1.12 bits per heavy atom. The van der Waals surface area contributed by atoms with Crippen molar-refractivity contribution in [2.24, 2.45) is 5.73 Å². The van der Waals surface area contributed by atoms with Gasteiger partial charge in [-0.25, -0.2) is 0 Å². The highest BCUT2D eigenvalue weighted by Gasteiger charge is 2.33. The zero-order valence-electron chi connectivity index (χ0n) is 14.4. The quantitative estimate of drug-likeness (QED) is 0.904. The van der Waals surface area contributed by atoms with Gasteiger partial charge in [0.15, 0.2) is 0 Å². The second-order valence-corrected chi connectivity index (χ2v) is 6.55. The summed E-state index contributed by atoms with van der Waals surface area (Å²) < 4.78 is 0. The first kappa shape index (κ1) is 17.2. The van der Waals surface area contributed by atoms with E-state index in [1.807, 2.05) is 59.2 Å². The van der Waals surface area contributed by atoms with E-state index in [9.17, 15) is 9.59 Å². The first-order chi connectivity index (χ1) is 12.0. The second kappa shape index (κ2) is 7.49. The average molecular weight is 337 g/mol. The fourth-order valence-electron chi connectivity index (χ4n) is 3.26. The van der Waals surface area contributed by atoms with Crippen molar-refractivity contribution < 1.29 is 9.59 Å². The minimum atomic E-state index is -0.408. The van der Waals surface area contributed by atoms with E-state index < -0.39 is 5.91 Å². The summed E-state index contributed by atoms with van der Waals surface area (Å²) in [6, 6.07) is 18.1. The molecule has 3 rings (SSSR count). The molecule has 1 heterocycles. The number of hydrogen-bond acceptors (Lipinski definition) is 3. The summed E-state index contributed by atoms with van der Waals surface area (Å²) in [5.74, 6) is -0.413. The Morgan fingerprint density at radius 2 is 1.80 bits per heavy atom. The van der Waals surface area contributed by atoms with Crippen LogP contribution in [0.15, 0.2) is 54.6 Å². The van der Waals surface area contributed by atoms with E-state index in [-0.39, 0.29) is 25.0 Å². The molecule has 0 spiro atoms. The van der Waals surface area contributed by atoms with Crippen LogP contribution in [0, 0.1) is 6.92 Å². The smallest absolute Gasteiger partial charge is 0.241 e. The summed E-state index contributed by atoms with van der Waals surface area (Å²) in [5.41, 5.74) is 8.61. The lowest BCUT2D eigenvalue weighted by molar-refractivity contribution is -0.125. The van der Waals surface area contributed by atoms with Crippen molar-refractivity contribution in [3.63, 3.8) is 0 Å². The van der Waals surface area contributed by atoms with Gasteiger partial charge >= 0.3 is 0 Å². The summed E-state index contributed by atoms with van der Waals surface area (Å²) >= 11 is 0. The molecule has 0 saturated carbocycles. The Hall–Kier alpha value is -2.66. The van der Waals surface area contributed by atoms with E-state index >= 15 is 0 Å². The zero-order chi connectivity index (χ0) is 17.8. The van der Waals surface area contributed by atoms with E-state index in [1.165, 1.54) is 5.56 Å². The molecular formula is C20H23N3O2. The Kier molecular flexibility index (Phi) is 5.14. The Bertz CT molecular complexity index is 743. The van der Waals surface area contributed by atoms with Crippen LogP contribution in [0.3, 0.4) is 0 Å². The van der Waals surface area contributed by atoms with Gasteiger partial charge in [0.05, 0.1) is 13.1 Å². The minimum absolute atomic E-state index is 0.00517. The number of nitrogens with zero attached hydrogens (tertiary/aromatic N) is 2. The van der Waals surface area contributed by atoms with Crippen molar-refractivity contribution >= 4 is 17.5 Å². The first-order valence-corrected chi connectivity index (χ1v) is 8.46. The highest BCUT2D eigenvalue weighted by Crippen LogP contribution is 2.22. The highest BCUT2D eigenvalue weighted by molar-refractivity contribution is 5.96. The van der Waals surface area contributed by atoms with Crippen LogP contribution in [0.5, 0.6) is 0 Å². The van der Waals surface area contributed by atoms with Crippen molar-refractivity contribution in [3.05, 3.63) is 65.7 Å². The Morgan fingerprint density at radius 3 is 2.44 bits per heavy atom. The van der Waals surface area contributed by atoms with Gasteiger partial charge < -0.3 is 10.6 Å². The number of anilines is 1. The SMILES string of the molecule is Cc1ccc(N2C[C@@H](Cc3ccccc3)N(CC(N)=O)CC2=O)cc1. The molecule has 1 fully saturated rings. The predicted molar refractivity (Wildman–Crippen MR) is 98.2 cm³/mol. The molecule has 5 heteroatoms. The van der Waals surface area contributed by atoms with Crippen LogP contribution < -0.4 is 10.6 Å². The van der Waals surface area contributed by atoms with Gasteiger partial charge in [-0.05, 0) is 31.0 Å². The van der Waals surface area contributed by atoms with Gasteiger partial charge in [0, 0.05) is 18.3 Å². The molecule has 2 N–H and O–H groups in total. The van der Waals surface area contributed by atoms with E-state index in [1.54, 1.807) is 0 Å². The van der Waals surface area contributed by atoms with Gasteiger partial charge in [0.25, 0.3) is 0 Å². The van der Waals surface area contributed by atoms with Crippen LogP contribution in [-0.2, 0) is 16.0 Å². The average Bonchev–Trinajstić information content (AvgIpc) is 2.58. The number of nitrogens with two attached hydrogens (primary N) is 1. The Labute approximate surface area is 148 Å². The minimum Gasteiger partial charge on any atom is -0.369 e. The van der Waals surface area contributed by atoms with E-state index in [2.05, 4.69) is 12.1 Å². The third-order valence-corrected chi connectivity index (χ3v) is 4.57. The fraction of sp³-hybridized carbons (Fsp3) is 0.300. The van der Waals surface area contributed by atoms with Crippen molar-refractivity contribution in [3.8, 4) is 0 Å². The molecule has 0 aromatic heterocycles. The molecule has 2 aromatic rings. The van der Waals surface area contributed by atoms with Crippen molar-refractivity contribution in [2.75, 3.05) is 24.5 Å². The maximum absolute atomic E-state index is 12.6.